The lowest BCUT2D eigenvalue weighted by atomic mass is 9.97. The van der Waals surface area contributed by atoms with Crippen LogP contribution < -0.4 is 0 Å². The molecule has 0 saturated carbocycles. The van der Waals surface area contributed by atoms with Crippen LogP contribution in [0.25, 0.3) is 22.2 Å². The predicted octanol–water partition coefficient (Wildman–Crippen LogP) is 4.27. The molecule has 1 saturated heterocycles. The number of aromatic nitrogens is 3. The summed E-state index contributed by atoms with van der Waals surface area (Å²) in [4.78, 5) is 20.4. The number of pyridine rings is 1. The van der Waals surface area contributed by atoms with E-state index in [0.717, 1.165) is 58.2 Å². The zero-order valence-corrected chi connectivity index (χ0v) is 16.5. The van der Waals surface area contributed by atoms with Gasteiger partial charge in [-0.05, 0) is 57.7 Å². The summed E-state index contributed by atoms with van der Waals surface area (Å²) in [6, 6.07) is 6.44. The first kappa shape index (κ1) is 17.7. The smallest absolute Gasteiger partial charge is 0.254 e. The fraction of sp³-hybridized carbons (Fsp3) is 0.409. The third-order valence-electron chi connectivity index (χ3n) is 5.54. The maximum absolute atomic E-state index is 13.5. The maximum Gasteiger partial charge on any atom is 0.254 e. The Morgan fingerprint density at radius 1 is 1.19 bits per heavy atom. The fourth-order valence-electron chi connectivity index (χ4n) is 4.11. The monoisotopic (exact) mass is 362 g/mol. The summed E-state index contributed by atoms with van der Waals surface area (Å²) < 4.78 is 1.76. The SMILES string of the molecule is Cc1cc(C)c2nc(-c3cnn(C)c3)cc(C(=O)N3CCCC[C@@H]3C)c2c1. The number of amides is 1. The van der Waals surface area contributed by atoms with Crippen molar-refractivity contribution in [2.24, 2.45) is 7.05 Å². The molecular weight excluding hydrogens is 336 g/mol. The van der Waals surface area contributed by atoms with Crippen molar-refractivity contribution in [3.63, 3.8) is 0 Å². The first-order valence-corrected chi connectivity index (χ1v) is 9.66. The number of rotatable bonds is 2. The van der Waals surface area contributed by atoms with Crippen molar-refractivity contribution < 1.29 is 4.79 Å². The fourth-order valence-corrected chi connectivity index (χ4v) is 4.11. The van der Waals surface area contributed by atoms with E-state index < -0.39 is 0 Å². The van der Waals surface area contributed by atoms with Gasteiger partial charge >= 0.3 is 0 Å². The van der Waals surface area contributed by atoms with E-state index in [-0.39, 0.29) is 11.9 Å². The molecule has 1 atom stereocenters. The average molecular weight is 362 g/mol. The van der Waals surface area contributed by atoms with Gasteiger partial charge in [0.1, 0.15) is 0 Å². The van der Waals surface area contributed by atoms with E-state index in [0.29, 0.717) is 0 Å². The molecule has 0 aliphatic carbocycles. The predicted molar refractivity (Wildman–Crippen MR) is 108 cm³/mol. The zero-order valence-electron chi connectivity index (χ0n) is 16.5. The molecule has 5 nitrogen and oxygen atoms in total. The Labute approximate surface area is 160 Å². The lowest BCUT2D eigenvalue weighted by Crippen LogP contribution is -2.42. The summed E-state index contributed by atoms with van der Waals surface area (Å²) in [5, 5.41) is 5.21. The van der Waals surface area contributed by atoms with Crippen molar-refractivity contribution in [2.45, 2.75) is 46.1 Å². The minimum absolute atomic E-state index is 0.116. The minimum atomic E-state index is 0.116. The van der Waals surface area contributed by atoms with Crippen LogP contribution in [0.4, 0.5) is 0 Å². The first-order chi connectivity index (χ1) is 12.9. The van der Waals surface area contributed by atoms with Crippen LogP contribution in [0.2, 0.25) is 0 Å². The Balaban J connectivity index is 1.92. The second kappa shape index (κ2) is 6.80. The Morgan fingerprint density at radius 2 is 2.00 bits per heavy atom. The van der Waals surface area contributed by atoms with E-state index in [2.05, 4.69) is 38.0 Å². The third kappa shape index (κ3) is 3.22. The lowest BCUT2D eigenvalue weighted by molar-refractivity contribution is 0.0637. The van der Waals surface area contributed by atoms with E-state index in [9.17, 15) is 4.79 Å². The number of piperidine rings is 1. The molecule has 1 fully saturated rings. The van der Waals surface area contributed by atoms with Crippen molar-refractivity contribution in [1.82, 2.24) is 19.7 Å². The van der Waals surface area contributed by atoms with Crippen LogP contribution >= 0.6 is 0 Å². The van der Waals surface area contributed by atoms with Gasteiger partial charge < -0.3 is 4.90 Å². The van der Waals surface area contributed by atoms with Gasteiger partial charge in [0.25, 0.3) is 5.91 Å². The number of benzene rings is 1. The van der Waals surface area contributed by atoms with Gasteiger partial charge in [-0.1, -0.05) is 11.6 Å². The number of hydrogen-bond acceptors (Lipinski definition) is 3. The van der Waals surface area contributed by atoms with Gasteiger partial charge in [-0.15, -0.1) is 0 Å². The molecule has 5 heteroatoms. The normalized spacial score (nSPS) is 17.5. The summed E-state index contributed by atoms with van der Waals surface area (Å²) in [6.07, 6.45) is 7.08. The number of fused-ring (bicyclic) bond motifs is 1. The zero-order chi connectivity index (χ0) is 19.1. The largest absolute Gasteiger partial charge is 0.336 e. The number of carbonyl (C=O) groups is 1. The van der Waals surface area contributed by atoms with Gasteiger partial charge in [0, 0.05) is 36.8 Å². The molecule has 1 aromatic carbocycles. The van der Waals surface area contributed by atoms with E-state index in [1.165, 1.54) is 6.42 Å². The third-order valence-corrected chi connectivity index (χ3v) is 5.54. The highest BCUT2D eigenvalue weighted by Gasteiger charge is 2.26. The molecule has 0 radical (unpaired) electrons. The molecule has 3 heterocycles. The van der Waals surface area contributed by atoms with Crippen LogP contribution in [0.5, 0.6) is 0 Å². The van der Waals surface area contributed by atoms with E-state index in [4.69, 9.17) is 4.98 Å². The molecule has 1 aliphatic rings. The van der Waals surface area contributed by atoms with Gasteiger partial charge in [0.05, 0.1) is 23.0 Å². The van der Waals surface area contributed by atoms with E-state index in [1.54, 1.807) is 10.9 Å². The molecule has 27 heavy (non-hydrogen) atoms. The second-order valence-electron chi connectivity index (χ2n) is 7.78. The summed E-state index contributed by atoms with van der Waals surface area (Å²) in [7, 11) is 1.89. The summed E-state index contributed by atoms with van der Waals surface area (Å²) in [5.41, 5.74) is 5.62. The van der Waals surface area contributed by atoms with Crippen molar-refractivity contribution in [1.29, 1.82) is 0 Å². The van der Waals surface area contributed by atoms with Crippen LogP contribution in [-0.4, -0.2) is 38.2 Å². The number of carbonyl (C=O) groups excluding carboxylic acids is 1. The summed E-state index contributed by atoms with van der Waals surface area (Å²) >= 11 is 0. The number of nitrogens with zero attached hydrogens (tertiary/aromatic N) is 4. The van der Waals surface area contributed by atoms with E-state index >= 15 is 0 Å². The Bertz CT molecular complexity index is 1020. The second-order valence-corrected chi connectivity index (χ2v) is 7.78. The van der Waals surface area contributed by atoms with Gasteiger partial charge in [-0.2, -0.15) is 5.10 Å². The molecule has 4 rings (SSSR count). The molecule has 2 aromatic heterocycles. The molecular formula is C22H26N4O. The van der Waals surface area contributed by atoms with Crippen molar-refractivity contribution in [2.75, 3.05) is 6.54 Å². The highest BCUT2D eigenvalue weighted by molar-refractivity contribution is 6.08. The van der Waals surface area contributed by atoms with Crippen molar-refractivity contribution in [3.8, 4) is 11.3 Å². The summed E-state index contributed by atoms with van der Waals surface area (Å²) in [6.45, 7) is 7.11. The van der Waals surface area contributed by atoms with Crippen LogP contribution in [0.3, 0.4) is 0 Å². The average Bonchev–Trinajstić information content (AvgIpc) is 3.07. The quantitative estimate of drug-likeness (QED) is 0.684. The number of likely N-dealkylation sites (tertiary alicyclic amines) is 1. The molecule has 3 aromatic rings. The van der Waals surface area contributed by atoms with Crippen molar-refractivity contribution >= 4 is 16.8 Å². The molecule has 0 N–H and O–H groups in total. The number of hydrogen-bond donors (Lipinski definition) is 0. The molecule has 0 unspecified atom stereocenters. The van der Waals surface area contributed by atoms with Crippen molar-refractivity contribution in [3.05, 3.63) is 47.3 Å². The minimum Gasteiger partial charge on any atom is -0.336 e. The van der Waals surface area contributed by atoms with Crippen LogP contribution in [0.15, 0.2) is 30.6 Å². The lowest BCUT2D eigenvalue weighted by Gasteiger charge is -2.33. The van der Waals surface area contributed by atoms with Crippen LogP contribution in [0, 0.1) is 13.8 Å². The Morgan fingerprint density at radius 3 is 2.70 bits per heavy atom. The molecule has 0 bridgehead atoms. The molecule has 1 aliphatic heterocycles. The van der Waals surface area contributed by atoms with Gasteiger partial charge in [0.2, 0.25) is 0 Å². The summed E-state index contributed by atoms with van der Waals surface area (Å²) in [5.74, 6) is 0.116. The van der Waals surface area contributed by atoms with Gasteiger partial charge in [-0.3, -0.25) is 9.48 Å². The molecule has 0 spiro atoms. The topological polar surface area (TPSA) is 51.0 Å². The van der Waals surface area contributed by atoms with Gasteiger partial charge in [-0.25, -0.2) is 4.98 Å². The van der Waals surface area contributed by atoms with E-state index in [1.807, 2.05) is 24.2 Å². The van der Waals surface area contributed by atoms with Crippen LogP contribution in [0.1, 0.15) is 47.7 Å². The molecule has 140 valence electrons. The van der Waals surface area contributed by atoms with Crippen LogP contribution in [-0.2, 0) is 7.05 Å². The highest BCUT2D eigenvalue weighted by atomic mass is 16.2. The highest BCUT2D eigenvalue weighted by Crippen LogP contribution is 2.30. The maximum atomic E-state index is 13.5. The standard InChI is InChI=1S/C22H26N4O/c1-14-9-15(2)21-18(10-14)19(22(27)26-8-6-5-7-16(26)3)11-20(24-21)17-12-23-25(4)13-17/h9-13,16H,5-8H2,1-4H3/t16-/m0/s1. The number of aryl methyl sites for hydroxylation is 3. The Hall–Kier alpha value is -2.69. The van der Waals surface area contributed by atoms with Gasteiger partial charge in [0.15, 0.2) is 0 Å². The Kier molecular flexibility index (Phi) is 4.46. The first-order valence-electron chi connectivity index (χ1n) is 9.66. The molecule has 1 amide bonds.